The number of aromatic amines is 1. The fourth-order valence-electron chi connectivity index (χ4n) is 7.24. The molecule has 0 radical (unpaired) electrons. The number of H-pyrrole nitrogens is 1. The Morgan fingerprint density at radius 1 is 0.962 bits per heavy atom. The standard InChI is InChI=1S/C40H45F2N7O2.ClH/c1-25-32(19-30(41)20-35(25)47-39(50)31-9-8-29(18-34(31)42)40(2,3)51)37-33-21-36(46-38(33)45-24-44-37)28-6-4-26(5-7-28)22-48-14-16-49(17-15-48)23-27-10-12-43-13-11-27;/h4-9,18-21,24,27,43,51H,10-17,22-23H2,1-3H3,(H,47,50)(H,44,45,46);1H. The van der Waals surface area contributed by atoms with Crippen molar-refractivity contribution in [2.75, 3.05) is 51.1 Å². The average molecular weight is 730 g/mol. The van der Waals surface area contributed by atoms with Gasteiger partial charge in [-0.3, -0.25) is 9.69 Å². The van der Waals surface area contributed by atoms with Gasteiger partial charge in [-0.2, -0.15) is 0 Å². The van der Waals surface area contributed by atoms with Crippen LogP contribution < -0.4 is 10.6 Å². The summed E-state index contributed by atoms with van der Waals surface area (Å²) >= 11 is 0. The van der Waals surface area contributed by atoms with Gasteiger partial charge in [-0.15, -0.1) is 12.4 Å². The number of hydrogen-bond donors (Lipinski definition) is 4. The number of rotatable bonds is 9. The van der Waals surface area contributed by atoms with Gasteiger partial charge in [-0.05, 0) is 105 Å². The second kappa shape index (κ2) is 15.8. The lowest BCUT2D eigenvalue weighted by atomic mass is 9.96. The molecule has 2 aliphatic rings. The number of anilines is 1. The molecule has 274 valence electrons. The number of piperazine rings is 1. The number of nitrogens with one attached hydrogen (secondary N) is 3. The lowest BCUT2D eigenvalue weighted by molar-refractivity contribution is 0.0780. The Morgan fingerprint density at radius 3 is 2.37 bits per heavy atom. The molecule has 2 aromatic heterocycles. The highest BCUT2D eigenvalue weighted by atomic mass is 35.5. The maximum Gasteiger partial charge on any atom is 0.258 e. The smallest absolute Gasteiger partial charge is 0.258 e. The molecule has 7 rings (SSSR count). The predicted molar refractivity (Wildman–Crippen MR) is 204 cm³/mol. The fraction of sp³-hybridized carbons (Fsp3) is 0.375. The van der Waals surface area contributed by atoms with Crippen LogP contribution in [0.4, 0.5) is 14.5 Å². The Labute approximate surface area is 309 Å². The Balaban J connectivity index is 0.00000464. The molecule has 4 N–H and O–H groups in total. The summed E-state index contributed by atoms with van der Waals surface area (Å²) in [6.07, 6.45) is 4.00. The van der Waals surface area contributed by atoms with Crippen molar-refractivity contribution < 1.29 is 18.7 Å². The zero-order valence-corrected chi connectivity index (χ0v) is 30.6. The van der Waals surface area contributed by atoms with Crippen LogP contribution in [0.3, 0.4) is 0 Å². The van der Waals surface area contributed by atoms with Gasteiger partial charge in [0.15, 0.2) is 0 Å². The van der Waals surface area contributed by atoms with Crippen LogP contribution in [0.1, 0.15) is 53.7 Å². The molecular weight excluding hydrogens is 684 g/mol. The van der Waals surface area contributed by atoms with Crippen molar-refractivity contribution in [1.82, 2.24) is 30.1 Å². The third-order valence-corrected chi connectivity index (χ3v) is 10.3. The number of carbonyl (C=O) groups is 1. The van der Waals surface area contributed by atoms with Gasteiger partial charge in [0.1, 0.15) is 23.6 Å². The van der Waals surface area contributed by atoms with Gasteiger partial charge in [0.2, 0.25) is 0 Å². The molecule has 3 aromatic carbocycles. The molecule has 0 atom stereocenters. The monoisotopic (exact) mass is 729 g/mol. The second-order valence-electron chi connectivity index (χ2n) is 14.5. The molecule has 0 bridgehead atoms. The van der Waals surface area contributed by atoms with Crippen LogP contribution in [0.5, 0.6) is 0 Å². The summed E-state index contributed by atoms with van der Waals surface area (Å²) in [7, 11) is 0. The lowest BCUT2D eigenvalue weighted by Crippen LogP contribution is -2.48. The van der Waals surface area contributed by atoms with Crippen molar-refractivity contribution in [3.8, 4) is 22.5 Å². The SMILES string of the molecule is Cc1c(NC(=O)c2ccc(C(C)(C)O)cc2F)cc(F)cc1-c1ncnc2[nH]c(-c3ccc(CN4CCN(CC5CCNCC5)CC4)cc3)cc12.Cl. The van der Waals surface area contributed by atoms with E-state index in [0.717, 1.165) is 69.1 Å². The topological polar surface area (TPSA) is 109 Å². The van der Waals surface area contributed by atoms with E-state index < -0.39 is 23.1 Å². The Bertz CT molecular complexity index is 2030. The molecule has 0 aliphatic carbocycles. The van der Waals surface area contributed by atoms with Crippen molar-refractivity contribution in [3.63, 3.8) is 0 Å². The molecule has 0 spiro atoms. The van der Waals surface area contributed by atoms with Crippen molar-refractivity contribution in [2.24, 2.45) is 5.92 Å². The van der Waals surface area contributed by atoms with E-state index in [9.17, 15) is 14.3 Å². The molecule has 2 fully saturated rings. The molecule has 0 saturated carbocycles. The van der Waals surface area contributed by atoms with E-state index in [1.165, 1.54) is 69.4 Å². The zero-order valence-electron chi connectivity index (χ0n) is 29.8. The van der Waals surface area contributed by atoms with Crippen LogP contribution in [0.15, 0.2) is 67.0 Å². The first-order valence-corrected chi connectivity index (χ1v) is 17.7. The zero-order chi connectivity index (χ0) is 35.7. The first-order valence-electron chi connectivity index (χ1n) is 17.7. The normalized spacial score (nSPS) is 16.2. The van der Waals surface area contributed by atoms with Crippen LogP contribution in [-0.4, -0.2) is 81.6 Å². The number of hydrogen-bond acceptors (Lipinski definition) is 7. The molecule has 5 aromatic rings. The minimum absolute atomic E-state index is 0. The number of amides is 1. The van der Waals surface area contributed by atoms with Crippen LogP contribution in [-0.2, 0) is 12.1 Å². The molecule has 9 nitrogen and oxygen atoms in total. The van der Waals surface area contributed by atoms with E-state index in [1.807, 2.05) is 6.07 Å². The van der Waals surface area contributed by atoms with Crippen molar-refractivity contribution >= 4 is 35.0 Å². The molecule has 2 saturated heterocycles. The van der Waals surface area contributed by atoms with E-state index >= 15 is 4.39 Å². The van der Waals surface area contributed by atoms with Crippen LogP contribution >= 0.6 is 12.4 Å². The average Bonchev–Trinajstić information content (AvgIpc) is 3.56. The minimum Gasteiger partial charge on any atom is -0.386 e. The maximum atomic E-state index is 15.1. The van der Waals surface area contributed by atoms with Gasteiger partial charge >= 0.3 is 0 Å². The summed E-state index contributed by atoms with van der Waals surface area (Å²) in [6.45, 7) is 13.7. The molecule has 0 unspecified atom stereocenters. The summed E-state index contributed by atoms with van der Waals surface area (Å²) in [5.74, 6) is -1.27. The molecular formula is C40H46ClF2N7O2. The Morgan fingerprint density at radius 2 is 1.67 bits per heavy atom. The van der Waals surface area contributed by atoms with E-state index in [-0.39, 0.29) is 23.7 Å². The summed E-state index contributed by atoms with van der Waals surface area (Å²) in [5.41, 5.74) is 4.32. The van der Waals surface area contributed by atoms with E-state index in [4.69, 9.17) is 0 Å². The summed E-state index contributed by atoms with van der Waals surface area (Å²) in [5, 5.41) is 17.0. The molecule has 52 heavy (non-hydrogen) atoms. The van der Waals surface area contributed by atoms with Crippen LogP contribution in [0.25, 0.3) is 33.5 Å². The molecule has 12 heteroatoms. The van der Waals surface area contributed by atoms with E-state index in [0.29, 0.717) is 33.4 Å². The third-order valence-electron chi connectivity index (χ3n) is 10.3. The highest BCUT2D eigenvalue weighted by molar-refractivity contribution is 6.06. The van der Waals surface area contributed by atoms with Gasteiger partial charge in [0.05, 0.1) is 16.9 Å². The number of halogens is 3. The highest BCUT2D eigenvalue weighted by Crippen LogP contribution is 2.35. The van der Waals surface area contributed by atoms with Gasteiger partial charge in [0, 0.05) is 61.6 Å². The second-order valence-corrected chi connectivity index (χ2v) is 14.5. The van der Waals surface area contributed by atoms with Crippen LogP contribution in [0, 0.1) is 24.5 Å². The van der Waals surface area contributed by atoms with Gasteiger partial charge in [-0.25, -0.2) is 18.7 Å². The van der Waals surface area contributed by atoms with Crippen molar-refractivity contribution in [1.29, 1.82) is 0 Å². The van der Waals surface area contributed by atoms with E-state index in [2.05, 4.69) is 59.7 Å². The first kappa shape index (κ1) is 37.5. The summed E-state index contributed by atoms with van der Waals surface area (Å²) < 4.78 is 30.0. The molecule has 2 aliphatic heterocycles. The predicted octanol–water partition coefficient (Wildman–Crippen LogP) is 6.90. The number of aromatic nitrogens is 3. The number of nitrogens with zero attached hydrogens (tertiary/aromatic N) is 4. The number of benzene rings is 3. The van der Waals surface area contributed by atoms with Gasteiger partial charge in [-0.1, -0.05) is 30.3 Å². The molecule has 4 heterocycles. The molecule has 1 amide bonds. The Hall–Kier alpha value is -4.26. The number of carbonyl (C=O) groups excluding carboxylic acids is 1. The van der Waals surface area contributed by atoms with Gasteiger partial charge < -0.3 is 25.6 Å². The summed E-state index contributed by atoms with van der Waals surface area (Å²) in [4.78, 5) is 30.6. The number of fused-ring (bicyclic) bond motifs is 1. The first-order chi connectivity index (χ1) is 24.5. The number of piperidine rings is 1. The van der Waals surface area contributed by atoms with Gasteiger partial charge in [0.25, 0.3) is 5.91 Å². The fourth-order valence-corrected chi connectivity index (χ4v) is 7.24. The van der Waals surface area contributed by atoms with Crippen molar-refractivity contribution in [2.45, 2.75) is 45.8 Å². The minimum atomic E-state index is -1.27. The third kappa shape index (κ3) is 8.35. The highest BCUT2D eigenvalue weighted by Gasteiger charge is 2.23. The number of aliphatic hydroxyl groups is 1. The quantitative estimate of drug-likeness (QED) is 0.131. The Kier molecular flexibility index (Phi) is 11.4. The lowest BCUT2D eigenvalue weighted by Gasteiger charge is -2.37. The van der Waals surface area contributed by atoms with Crippen molar-refractivity contribution in [3.05, 3.63) is 101 Å². The maximum absolute atomic E-state index is 15.1. The van der Waals surface area contributed by atoms with Crippen LogP contribution in [0.2, 0.25) is 0 Å². The largest absolute Gasteiger partial charge is 0.386 e. The summed E-state index contributed by atoms with van der Waals surface area (Å²) in [6, 6.07) is 17.0. The van der Waals surface area contributed by atoms with E-state index in [1.54, 1.807) is 6.92 Å².